The molecule has 0 radical (unpaired) electrons. The number of anilines is 1. The maximum absolute atomic E-state index is 14.7. The third-order valence-corrected chi connectivity index (χ3v) is 9.51. The lowest BCUT2D eigenvalue weighted by Gasteiger charge is -2.35. The van der Waals surface area contributed by atoms with Gasteiger partial charge in [-0.15, -0.1) is 0 Å². The van der Waals surface area contributed by atoms with E-state index in [1.54, 1.807) is 31.2 Å². The van der Waals surface area contributed by atoms with Crippen LogP contribution in [0, 0.1) is 6.92 Å². The van der Waals surface area contributed by atoms with E-state index < -0.39 is 34.1 Å². The summed E-state index contributed by atoms with van der Waals surface area (Å²) in [5.41, 5.74) is 2.25. The van der Waals surface area contributed by atoms with E-state index in [9.17, 15) is 18.0 Å². The maximum atomic E-state index is 14.7. The molecule has 0 bridgehead atoms. The summed E-state index contributed by atoms with van der Waals surface area (Å²) in [6.45, 7) is 9.15. The van der Waals surface area contributed by atoms with Crippen molar-refractivity contribution in [2.24, 2.45) is 0 Å². The van der Waals surface area contributed by atoms with Crippen LogP contribution in [0.2, 0.25) is 5.02 Å². The van der Waals surface area contributed by atoms with Crippen LogP contribution >= 0.6 is 11.6 Å². The maximum Gasteiger partial charge on any atom is 0.264 e. The Morgan fingerprint density at radius 1 is 0.872 bits per heavy atom. The molecule has 4 aromatic rings. The fraction of sp³-hybridized carbons (Fsp3) is 0.297. The molecule has 0 aromatic heterocycles. The first-order valence-electron chi connectivity index (χ1n) is 15.5. The zero-order valence-corrected chi connectivity index (χ0v) is 29.0. The van der Waals surface area contributed by atoms with Gasteiger partial charge < -0.3 is 15.0 Å². The van der Waals surface area contributed by atoms with Crippen molar-refractivity contribution >= 4 is 39.1 Å². The van der Waals surface area contributed by atoms with Crippen molar-refractivity contribution in [2.75, 3.05) is 17.5 Å². The quantitative estimate of drug-likeness (QED) is 0.168. The molecule has 1 N–H and O–H groups in total. The Hall–Kier alpha value is -4.34. The number of benzene rings is 4. The first-order chi connectivity index (χ1) is 22.3. The number of rotatable bonds is 13. The number of carbonyl (C=O) groups excluding carboxylic acids is 2. The molecule has 0 aliphatic heterocycles. The summed E-state index contributed by atoms with van der Waals surface area (Å²) in [5.74, 6) is -0.593. The Bertz CT molecular complexity index is 1770. The van der Waals surface area contributed by atoms with E-state index in [-0.39, 0.29) is 36.1 Å². The van der Waals surface area contributed by atoms with Crippen LogP contribution in [0.25, 0.3) is 0 Å². The average Bonchev–Trinajstić information content (AvgIpc) is 3.02. The van der Waals surface area contributed by atoms with E-state index in [0.29, 0.717) is 10.8 Å². The molecule has 1 atom stereocenters. The zero-order valence-electron chi connectivity index (χ0n) is 27.4. The molecule has 248 valence electrons. The van der Waals surface area contributed by atoms with Crippen LogP contribution < -0.4 is 14.4 Å². The number of ether oxygens (including phenoxy) is 1. The van der Waals surface area contributed by atoms with Gasteiger partial charge >= 0.3 is 0 Å². The standard InChI is InChI=1S/C37H42ClN3O5S/c1-6-46-34-19-13-12-18-32(34)41(47(44,45)31-22-20-30(38)21-23-31)26-35(42)40(25-29-17-11-10-14-27(29)2)33(36(43)39-37(3,4)5)24-28-15-8-7-9-16-28/h7-23,33H,6,24-26H2,1-5H3,(H,39,43)/t33-/m0/s1. The van der Waals surface area contributed by atoms with Crippen molar-refractivity contribution in [3.05, 3.63) is 125 Å². The van der Waals surface area contributed by atoms with Gasteiger partial charge in [0.25, 0.3) is 10.0 Å². The molecule has 0 saturated carbocycles. The van der Waals surface area contributed by atoms with E-state index in [2.05, 4.69) is 5.32 Å². The van der Waals surface area contributed by atoms with Crippen LogP contribution in [0.1, 0.15) is 44.4 Å². The van der Waals surface area contributed by atoms with Crippen LogP contribution in [-0.4, -0.2) is 49.9 Å². The molecule has 47 heavy (non-hydrogen) atoms. The van der Waals surface area contributed by atoms with Gasteiger partial charge in [-0.2, -0.15) is 0 Å². The van der Waals surface area contributed by atoms with Gasteiger partial charge in [-0.05, 0) is 87.7 Å². The van der Waals surface area contributed by atoms with E-state index >= 15 is 0 Å². The molecule has 2 amide bonds. The number of halogens is 1. The van der Waals surface area contributed by atoms with Gasteiger partial charge in [0.05, 0.1) is 17.2 Å². The van der Waals surface area contributed by atoms with Gasteiger partial charge in [-0.25, -0.2) is 8.42 Å². The molecule has 4 aromatic carbocycles. The summed E-state index contributed by atoms with van der Waals surface area (Å²) in [5, 5.41) is 3.42. The van der Waals surface area contributed by atoms with Crippen LogP contribution in [0.3, 0.4) is 0 Å². The number of hydrogen-bond donors (Lipinski definition) is 1. The molecule has 0 aliphatic rings. The number of carbonyl (C=O) groups is 2. The summed E-state index contributed by atoms with van der Waals surface area (Å²) in [4.78, 5) is 30.2. The lowest BCUT2D eigenvalue weighted by molar-refractivity contribution is -0.140. The number of sulfonamides is 1. The van der Waals surface area contributed by atoms with Crippen LogP contribution in [0.15, 0.2) is 108 Å². The number of amides is 2. The number of nitrogens with zero attached hydrogens (tertiary/aromatic N) is 2. The van der Waals surface area contributed by atoms with Crippen LogP contribution in [0.5, 0.6) is 5.75 Å². The highest BCUT2D eigenvalue weighted by Gasteiger charge is 2.36. The molecule has 0 saturated heterocycles. The molecule has 10 heteroatoms. The Morgan fingerprint density at radius 2 is 1.49 bits per heavy atom. The minimum Gasteiger partial charge on any atom is -0.492 e. The summed E-state index contributed by atoms with van der Waals surface area (Å²) >= 11 is 6.09. The monoisotopic (exact) mass is 675 g/mol. The van der Waals surface area contributed by atoms with Gasteiger partial charge in [0, 0.05) is 23.5 Å². The first kappa shape index (κ1) is 35.5. The normalized spacial score (nSPS) is 12.2. The molecule has 8 nitrogen and oxygen atoms in total. The topological polar surface area (TPSA) is 96.0 Å². The molecule has 0 unspecified atom stereocenters. The highest BCUT2D eigenvalue weighted by molar-refractivity contribution is 7.92. The smallest absolute Gasteiger partial charge is 0.264 e. The number of nitrogens with one attached hydrogen (secondary N) is 1. The Kier molecular flexibility index (Phi) is 11.7. The predicted octanol–water partition coefficient (Wildman–Crippen LogP) is 6.80. The molecule has 0 heterocycles. The van der Waals surface area contributed by atoms with Crippen molar-refractivity contribution in [3.63, 3.8) is 0 Å². The van der Waals surface area contributed by atoms with E-state index in [1.807, 2.05) is 82.3 Å². The van der Waals surface area contributed by atoms with Gasteiger partial charge in [-0.3, -0.25) is 13.9 Å². The number of hydrogen-bond acceptors (Lipinski definition) is 5. The van der Waals surface area contributed by atoms with Crippen molar-refractivity contribution in [2.45, 2.75) is 64.1 Å². The summed E-state index contributed by atoms with van der Waals surface area (Å²) < 4.78 is 35.5. The Morgan fingerprint density at radius 3 is 2.13 bits per heavy atom. The van der Waals surface area contributed by atoms with Crippen molar-refractivity contribution in [1.29, 1.82) is 0 Å². The van der Waals surface area contributed by atoms with Crippen LogP contribution in [-0.2, 0) is 32.6 Å². The van der Waals surface area contributed by atoms with Crippen LogP contribution in [0.4, 0.5) is 5.69 Å². The number of para-hydroxylation sites is 2. The molecule has 0 aliphatic carbocycles. The SMILES string of the molecule is CCOc1ccccc1N(CC(=O)N(Cc1ccccc1C)[C@@H](Cc1ccccc1)C(=O)NC(C)(C)C)S(=O)(=O)c1ccc(Cl)cc1. The highest BCUT2D eigenvalue weighted by atomic mass is 35.5. The third-order valence-electron chi connectivity index (χ3n) is 7.49. The zero-order chi connectivity index (χ0) is 34.2. The average molecular weight is 676 g/mol. The Balaban J connectivity index is 1.86. The molecule has 0 spiro atoms. The first-order valence-corrected chi connectivity index (χ1v) is 17.3. The van der Waals surface area contributed by atoms with Gasteiger partial charge in [0.15, 0.2) is 0 Å². The minimum atomic E-state index is -4.31. The Labute approximate surface area is 283 Å². The van der Waals surface area contributed by atoms with Gasteiger partial charge in [0.2, 0.25) is 11.8 Å². The largest absolute Gasteiger partial charge is 0.492 e. The van der Waals surface area contributed by atoms with Gasteiger partial charge in [0.1, 0.15) is 18.3 Å². The molecular formula is C37H42ClN3O5S. The molecule has 4 rings (SSSR count). The second-order valence-corrected chi connectivity index (χ2v) is 14.6. The predicted molar refractivity (Wildman–Crippen MR) is 187 cm³/mol. The number of aryl methyl sites for hydroxylation is 1. The third kappa shape index (κ3) is 9.36. The summed E-state index contributed by atoms with van der Waals surface area (Å²) in [7, 11) is -4.31. The lowest BCUT2D eigenvalue weighted by Crippen LogP contribution is -2.56. The van der Waals surface area contributed by atoms with E-state index in [4.69, 9.17) is 16.3 Å². The molecule has 0 fully saturated rings. The second-order valence-electron chi connectivity index (χ2n) is 12.3. The molecular weight excluding hydrogens is 634 g/mol. The van der Waals surface area contributed by atoms with Crippen molar-refractivity contribution in [1.82, 2.24) is 10.2 Å². The summed E-state index contributed by atoms with van der Waals surface area (Å²) in [6, 6.07) is 28.6. The highest BCUT2D eigenvalue weighted by Crippen LogP contribution is 2.33. The van der Waals surface area contributed by atoms with E-state index in [1.165, 1.54) is 29.2 Å². The van der Waals surface area contributed by atoms with Crippen molar-refractivity contribution in [3.8, 4) is 5.75 Å². The fourth-order valence-electron chi connectivity index (χ4n) is 5.17. The van der Waals surface area contributed by atoms with Gasteiger partial charge in [-0.1, -0.05) is 78.3 Å². The fourth-order valence-corrected chi connectivity index (χ4v) is 6.72. The van der Waals surface area contributed by atoms with Crippen molar-refractivity contribution < 1.29 is 22.7 Å². The lowest BCUT2D eigenvalue weighted by atomic mass is 10.00. The second kappa shape index (κ2) is 15.5. The minimum absolute atomic E-state index is 0.0437. The summed E-state index contributed by atoms with van der Waals surface area (Å²) in [6.07, 6.45) is 0.222. The van der Waals surface area contributed by atoms with E-state index in [0.717, 1.165) is 21.0 Å².